The second-order valence-corrected chi connectivity index (χ2v) is 5.65. The maximum Gasteiger partial charge on any atom is 0.159 e. The van der Waals surface area contributed by atoms with Crippen molar-refractivity contribution >= 4 is 22.8 Å². The van der Waals surface area contributed by atoms with Gasteiger partial charge in [-0.25, -0.2) is 4.98 Å². The van der Waals surface area contributed by atoms with Gasteiger partial charge in [-0.05, 0) is 19.8 Å². The molecular formula is C14H23ClN4O. The summed E-state index contributed by atoms with van der Waals surface area (Å²) >= 11 is 6.09. The van der Waals surface area contributed by atoms with Gasteiger partial charge in [0.1, 0.15) is 11.3 Å². The number of nitrogens with zero attached hydrogens (tertiary/aromatic N) is 4. The summed E-state index contributed by atoms with van der Waals surface area (Å²) in [6.07, 6.45) is 0. The monoisotopic (exact) mass is 298 g/mol. The van der Waals surface area contributed by atoms with E-state index in [0.717, 1.165) is 22.7 Å². The molecule has 1 atom stereocenters. The molecule has 0 spiro atoms. The molecule has 6 heteroatoms. The van der Waals surface area contributed by atoms with Crippen LogP contribution in [0.3, 0.4) is 0 Å². The molecule has 1 unspecified atom stereocenters. The number of alkyl halides is 1. The molecule has 2 rings (SSSR count). The van der Waals surface area contributed by atoms with Gasteiger partial charge < -0.3 is 9.30 Å². The summed E-state index contributed by atoms with van der Waals surface area (Å²) in [5.41, 5.74) is 2.90. The minimum absolute atomic E-state index is 0.212. The molecule has 20 heavy (non-hydrogen) atoms. The van der Waals surface area contributed by atoms with Gasteiger partial charge in [-0.15, -0.1) is 11.6 Å². The second-order valence-electron chi connectivity index (χ2n) is 5.38. The zero-order valence-electron chi connectivity index (χ0n) is 12.9. The molecule has 0 aliphatic rings. The highest BCUT2D eigenvalue weighted by molar-refractivity contribution is 6.16. The van der Waals surface area contributed by atoms with Gasteiger partial charge in [-0.2, -0.15) is 5.10 Å². The number of fused-ring (bicyclic) bond motifs is 1. The Hall–Kier alpha value is -1.07. The topological polar surface area (TPSA) is 44.9 Å². The lowest BCUT2D eigenvalue weighted by Crippen LogP contribution is -2.23. The Morgan fingerprint density at radius 3 is 2.60 bits per heavy atom. The van der Waals surface area contributed by atoms with Crippen LogP contribution in [0.5, 0.6) is 0 Å². The number of imidazole rings is 1. The second kappa shape index (κ2) is 6.14. The first kappa shape index (κ1) is 15.3. The van der Waals surface area contributed by atoms with Crippen molar-refractivity contribution in [3.05, 3.63) is 11.5 Å². The van der Waals surface area contributed by atoms with Gasteiger partial charge in [0.25, 0.3) is 0 Å². The van der Waals surface area contributed by atoms with E-state index in [9.17, 15) is 0 Å². The van der Waals surface area contributed by atoms with Crippen LogP contribution in [0.1, 0.15) is 38.3 Å². The molecule has 0 amide bonds. The third-order valence-electron chi connectivity index (χ3n) is 3.62. The normalized spacial score (nSPS) is 13.6. The quantitative estimate of drug-likeness (QED) is 0.770. The zero-order chi connectivity index (χ0) is 14.9. The molecule has 5 nitrogen and oxygen atoms in total. The Balaban J connectivity index is 2.59. The summed E-state index contributed by atoms with van der Waals surface area (Å²) in [6, 6.07) is 0.212. The number of aromatic nitrogens is 4. The van der Waals surface area contributed by atoms with E-state index < -0.39 is 0 Å². The fourth-order valence-electron chi connectivity index (χ4n) is 2.59. The van der Waals surface area contributed by atoms with Crippen LogP contribution in [0.25, 0.3) is 11.2 Å². The summed E-state index contributed by atoms with van der Waals surface area (Å²) in [5, 5.41) is 4.46. The molecule has 2 aromatic rings. The molecule has 0 N–H and O–H groups in total. The Labute approximate surface area is 124 Å². The maximum absolute atomic E-state index is 6.09. The first-order valence-corrected chi connectivity index (χ1v) is 7.58. The van der Waals surface area contributed by atoms with Gasteiger partial charge >= 0.3 is 0 Å². The lowest BCUT2D eigenvalue weighted by atomic mass is 10.1. The Kier molecular flexibility index (Phi) is 4.70. The SMILES string of the molecule is CCOCC(C(C)C)n1c(CCl)nc2c(C)nn(C)c21. The molecule has 0 saturated heterocycles. The van der Waals surface area contributed by atoms with Gasteiger partial charge in [0.15, 0.2) is 5.65 Å². The third-order valence-corrected chi connectivity index (χ3v) is 3.86. The average molecular weight is 299 g/mol. The number of halogens is 1. The molecule has 2 aromatic heterocycles. The first-order chi connectivity index (χ1) is 9.51. The van der Waals surface area contributed by atoms with Crippen molar-refractivity contribution in [3.63, 3.8) is 0 Å². The number of aryl methyl sites for hydroxylation is 2. The van der Waals surface area contributed by atoms with Crippen LogP contribution in [0.2, 0.25) is 0 Å². The molecular weight excluding hydrogens is 276 g/mol. The van der Waals surface area contributed by atoms with Crippen molar-refractivity contribution in [1.82, 2.24) is 19.3 Å². The van der Waals surface area contributed by atoms with Crippen LogP contribution in [0, 0.1) is 12.8 Å². The van der Waals surface area contributed by atoms with Crippen LogP contribution in [0.4, 0.5) is 0 Å². The summed E-state index contributed by atoms with van der Waals surface area (Å²) in [7, 11) is 1.95. The highest BCUT2D eigenvalue weighted by Gasteiger charge is 2.25. The zero-order valence-corrected chi connectivity index (χ0v) is 13.6. The Morgan fingerprint density at radius 1 is 1.35 bits per heavy atom. The van der Waals surface area contributed by atoms with E-state index in [1.807, 2.05) is 25.6 Å². The van der Waals surface area contributed by atoms with Gasteiger partial charge in [0.05, 0.1) is 24.2 Å². The van der Waals surface area contributed by atoms with Crippen LogP contribution in [-0.2, 0) is 17.7 Å². The van der Waals surface area contributed by atoms with Gasteiger partial charge in [0, 0.05) is 13.7 Å². The minimum Gasteiger partial charge on any atom is -0.380 e. The average Bonchev–Trinajstić information content (AvgIpc) is 2.89. The van der Waals surface area contributed by atoms with Crippen molar-refractivity contribution < 1.29 is 4.74 Å². The minimum atomic E-state index is 0.212. The van der Waals surface area contributed by atoms with E-state index in [0.29, 0.717) is 25.0 Å². The van der Waals surface area contributed by atoms with Gasteiger partial charge in [-0.3, -0.25) is 4.68 Å². The van der Waals surface area contributed by atoms with Gasteiger partial charge in [0.2, 0.25) is 0 Å². The van der Waals surface area contributed by atoms with E-state index in [-0.39, 0.29) is 6.04 Å². The number of hydrogen-bond acceptors (Lipinski definition) is 3. The summed E-state index contributed by atoms with van der Waals surface area (Å²) in [4.78, 5) is 4.66. The van der Waals surface area contributed by atoms with Crippen LogP contribution in [0.15, 0.2) is 0 Å². The summed E-state index contributed by atoms with van der Waals surface area (Å²) in [6.45, 7) is 9.74. The predicted octanol–water partition coefficient (Wildman–Crippen LogP) is 3.05. The van der Waals surface area contributed by atoms with Crippen molar-refractivity contribution in [2.24, 2.45) is 13.0 Å². The molecule has 0 aromatic carbocycles. The smallest absolute Gasteiger partial charge is 0.159 e. The summed E-state index contributed by atoms with van der Waals surface area (Å²) < 4.78 is 9.74. The van der Waals surface area contributed by atoms with E-state index in [1.54, 1.807) is 0 Å². The van der Waals surface area contributed by atoms with Crippen LogP contribution < -0.4 is 0 Å². The van der Waals surface area contributed by atoms with E-state index in [1.165, 1.54) is 0 Å². The highest BCUT2D eigenvalue weighted by Crippen LogP contribution is 2.28. The van der Waals surface area contributed by atoms with Crippen molar-refractivity contribution in [1.29, 1.82) is 0 Å². The fourth-order valence-corrected chi connectivity index (χ4v) is 2.78. The van der Waals surface area contributed by atoms with Crippen molar-refractivity contribution in [3.8, 4) is 0 Å². The highest BCUT2D eigenvalue weighted by atomic mass is 35.5. The molecule has 0 saturated carbocycles. The van der Waals surface area contributed by atoms with E-state index in [2.05, 4.69) is 28.5 Å². The van der Waals surface area contributed by atoms with E-state index >= 15 is 0 Å². The lowest BCUT2D eigenvalue weighted by molar-refractivity contribution is 0.0966. The number of ether oxygens (including phenoxy) is 1. The van der Waals surface area contributed by atoms with Crippen molar-refractivity contribution in [2.45, 2.75) is 39.6 Å². The predicted molar refractivity (Wildman–Crippen MR) is 81.2 cm³/mol. The molecule has 0 aliphatic heterocycles. The molecule has 0 fully saturated rings. The van der Waals surface area contributed by atoms with Crippen molar-refractivity contribution in [2.75, 3.05) is 13.2 Å². The Bertz CT molecular complexity index is 588. The van der Waals surface area contributed by atoms with Gasteiger partial charge in [-0.1, -0.05) is 13.8 Å². The fraction of sp³-hybridized carbons (Fsp3) is 0.714. The number of rotatable bonds is 6. The lowest BCUT2D eigenvalue weighted by Gasteiger charge is -2.24. The molecule has 0 radical (unpaired) electrons. The summed E-state index contributed by atoms with van der Waals surface area (Å²) in [5.74, 6) is 1.70. The molecule has 0 aliphatic carbocycles. The Morgan fingerprint density at radius 2 is 2.05 bits per heavy atom. The first-order valence-electron chi connectivity index (χ1n) is 7.05. The molecule has 0 bridgehead atoms. The van der Waals surface area contributed by atoms with Crippen LogP contribution in [-0.4, -0.2) is 32.5 Å². The van der Waals surface area contributed by atoms with E-state index in [4.69, 9.17) is 16.3 Å². The molecule has 112 valence electrons. The largest absolute Gasteiger partial charge is 0.380 e. The van der Waals surface area contributed by atoms with Crippen LogP contribution >= 0.6 is 11.6 Å². The third kappa shape index (κ3) is 2.56. The molecule has 2 heterocycles. The number of hydrogen-bond donors (Lipinski definition) is 0. The maximum atomic E-state index is 6.09. The standard InChI is InChI=1S/C14H23ClN4O/c1-6-20-8-11(9(2)3)19-12(7-15)16-13-10(4)17-18(5)14(13)19/h9,11H,6-8H2,1-5H3.